The molecule has 1 amide bonds. The molecule has 1 aliphatic heterocycles. The molecule has 4 heteroatoms. The summed E-state index contributed by atoms with van der Waals surface area (Å²) in [4.78, 5) is 16.0. The monoisotopic (exact) mass is 316 g/mol. The molecule has 1 saturated heterocycles. The highest BCUT2D eigenvalue weighted by Gasteiger charge is 2.48. The van der Waals surface area contributed by atoms with Crippen LogP contribution in [0, 0.1) is 11.8 Å². The average Bonchev–Trinajstić information content (AvgIpc) is 3.00. The second-order valence-electron chi connectivity index (χ2n) is 8.07. The van der Waals surface area contributed by atoms with Gasteiger partial charge in [-0.25, -0.2) is 4.79 Å². The van der Waals surface area contributed by atoms with E-state index in [0.29, 0.717) is 11.8 Å². The standard InChI is InChI=1S/C19H28N2O2/c1-19(2,3)21(18(22)23)17-10-9-15-12-20(13-16(15)17)11-14-7-5-4-6-8-14/h4-8,15-17H,9-13H2,1-3H3,(H,22,23)/t15-,16+,17+/m1/s1. The number of carboxylic acid groups (broad SMARTS) is 1. The second kappa shape index (κ2) is 6.16. The number of benzene rings is 1. The van der Waals surface area contributed by atoms with E-state index in [1.54, 1.807) is 4.90 Å². The van der Waals surface area contributed by atoms with Crippen molar-refractivity contribution in [2.45, 2.75) is 51.7 Å². The lowest BCUT2D eigenvalue weighted by atomic mass is 9.93. The van der Waals surface area contributed by atoms with E-state index in [-0.39, 0.29) is 11.6 Å². The highest BCUT2D eigenvalue weighted by Crippen LogP contribution is 2.42. The van der Waals surface area contributed by atoms with Gasteiger partial charge in [0.05, 0.1) is 0 Å². The SMILES string of the molecule is CC(C)(C)N(C(=O)O)[C@H]1CC[C@@H]2CN(Cc3ccccc3)C[C@@H]21. The van der Waals surface area contributed by atoms with Gasteiger partial charge in [0.25, 0.3) is 0 Å². The molecule has 1 N–H and O–H groups in total. The maximum Gasteiger partial charge on any atom is 0.407 e. The molecule has 1 heterocycles. The smallest absolute Gasteiger partial charge is 0.407 e. The Labute approximate surface area is 139 Å². The minimum Gasteiger partial charge on any atom is -0.465 e. The topological polar surface area (TPSA) is 43.8 Å². The van der Waals surface area contributed by atoms with Crippen molar-refractivity contribution in [3.05, 3.63) is 35.9 Å². The van der Waals surface area contributed by atoms with Crippen LogP contribution in [0.15, 0.2) is 30.3 Å². The molecule has 4 nitrogen and oxygen atoms in total. The molecule has 23 heavy (non-hydrogen) atoms. The summed E-state index contributed by atoms with van der Waals surface area (Å²) < 4.78 is 0. The number of nitrogens with zero attached hydrogens (tertiary/aromatic N) is 2. The molecule has 2 fully saturated rings. The number of amides is 1. The molecule has 1 saturated carbocycles. The Kier molecular flexibility index (Phi) is 4.37. The van der Waals surface area contributed by atoms with E-state index in [1.807, 2.05) is 26.8 Å². The van der Waals surface area contributed by atoms with Crippen LogP contribution in [0.4, 0.5) is 4.79 Å². The van der Waals surface area contributed by atoms with Gasteiger partial charge in [0.2, 0.25) is 0 Å². The molecule has 0 bridgehead atoms. The Hall–Kier alpha value is -1.55. The van der Waals surface area contributed by atoms with Crippen molar-refractivity contribution in [1.82, 2.24) is 9.80 Å². The molecule has 0 unspecified atom stereocenters. The zero-order valence-electron chi connectivity index (χ0n) is 14.4. The second-order valence-corrected chi connectivity index (χ2v) is 8.07. The highest BCUT2D eigenvalue weighted by atomic mass is 16.4. The van der Waals surface area contributed by atoms with Crippen LogP contribution >= 0.6 is 0 Å². The maximum atomic E-state index is 11.8. The minimum atomic E-state index is -0.773. The summed E-state index contributed by atoms with van der Waals surface area (Å²) in [5.74, 6) is 1.13. The number of carbonyl (C=O) groups is 1. The Morgan fingerprint density at radius 2 is 1.91 bits per heavy atom. The first-order valence-corrected chi connectivity index (χ1v) is 8.65. The van der Waals surface area contributed by atoms with Gasteiger partial charge in [-0.3, -0.25) is 4.90 Å². The molecule has 126 valence electrons. The minimum absolute atomic E-state index is 0.165. The van der Waals surface area contributed by atoms with Gasteiger partial charge in [-0.15, -0.1) is 0 Å². The largest absolute Gasteiger partial charge is 0.465 e. The van der Waals surface area contributed by atoms with Gasteiger partial charge in [0, 0.05) is 31.2 Å². The van der Waals surface area contributed by atoms with Crippen molar-refractivity contribution >= 4 is 6.09 Å². The van der Waals surface area contributed by atoms with Crippen molar-refractivity contribution in [3.8, 4) is 0 Å². The van der Waals surface area contributed by atoms with E-state index < -0.39 is 6.09 Å². The summed E-state index contributed by atoms with van der Waals surface area (Å²) in [6.07, 6.45) is 1.39. The third-order valence-electron chi connectivity index (χ3n) is 5.40. The van der Waals surface area contributed by atoms with Gasteiger partial charge in [-0.2, -0.15) is 0 Å². The van der Waals surface area contributed by atoms with Crippen molar-refractivity contribution < 1.29 is 9.90 Å². The normalized spacial score (nSPS) is 27.9. The van der Waals surface area contributed by atoms with E-state index in [2.05, 4.69) is 29.2 Å². The van der Waals surface area contributed by atoms with Crippen molar-refractivity contribution in [1.29, 1.82) is 0 Å². The van der Waals surface area contributed by atoms with Gasteiger partial charge < -0.3 is 10.0 Å². The van der Waals surface area contributed by atoms with Crippen molar-refractivity contribution in [2.24, 2.45) is 11.8 Å². The molecule has 3 atom stereocenters. The third kappa shape index (κ3) is 3.37. The molecule has 0 spiro atoms. The first-order valence-electron chi connectivity index (χ1n) is 8.65. The number of rotatable bonds is 3. The van der Waals surface area contributed by atoms with Gasteiger partial charge in [0.1, 0.15) is 0 Å². The summed E-state index contributed by atoms with van der Waals surface area (Å²) >= 11 is 0. The summed E-state index contributed by atoms with van der Waals surface area (Å²) in [6.45, 7) is 9.11. The fraction of sp³-hybridized carbons (Fsp3) is 0.632. The zero-order chi connectivity index (χ0) is 16.6. The number of hydrogen-bond donors (Lipinski definition) is 1. The first-order chi connectivity index (χ1) is 10.9. The number of likely N-dealkylation sites (tertiary alicyclic amines) is 1. The van der Waals surface area contributed by atoms with Crippen LogP contribution in [0.25, 0.3) is 0 Å². The molecule has 0 radical (unpaired) electrons. The summed E-state index contributed by atoms with van der Waals surface area (Å²) in [6, 6.07) is 10.7. The molecule has 0 aromatic heterocycles. The van der Waals surface area contributed by atoms with Crippen LogP contribution in [0.5, 0.6) is 0 Å². The van der Waals surface area contributed by atoms with Crippen molar-refractivity contribution in [2.75, 3.05) is 13.1 Å². The van der Waals surface area contributed by atoms with Gasteiger partial charge in [0.15, 0.2) is 0 Å². The fourth-order valence-electron chi connectivity index (χ4n) is 4.55. The molecule has 3 rings (SSSR count). The van der Waals surface area contributed by atoms with Crippen LogP contribution < -0.4 is 0 Å². The quantitative estimate of drug-likeness (QED) is 0.925. The Bertz CT molecular complexity index is 552. The Balaban J connectivity index is 1.70. The fourth-order valence-corrected chi connectivity index (χ4v) is 4.55. The van der Waals surface area contributed by atoms with E-state index in [4.69, 9.17) is 0 Å². The number of hydrogen-bond acceptors (Lipinski definition) is 2. The maximum absolute atomic E-state index is 11.8. The van der Waals surface area contributed by atoms with E-state index in [1.165, 1.54) is 5.56 Å². The van der Waals surface area contributed by atoms with Crippen LogP contribution in [0.2, 0.25) is 0 Å². The first kappa shape index (κ1) is 16.3. The van der Waals surface area contributed by atoms with Crippen LogP contribution in [0.1, 0.15) is 39.2 Å². The highest BCUT2D eigenvalue weighted by molar-refractivity contribution is 5.66. The summed E-state index contributed by atoms with van der Waals surface area (Å²) in [5.41, 5.74) is 1.01. The average molecular weight is 316 g/mol. The predicted molar refractivity (Wildman–Crippen MR) is 91.3 cm³/mol. The summed E-state index contributed by atoms with van der Waals surface area (Å²) in [5, 5.41) is 9.70. The van der Waals surface area contributed by atoms with E-state index in [0.717, 1.165) is 32.5 Å². The third-order valence-corrected chi connectivity index (χ3v) is 5.40. The van der Waals surface area contributed by atoms with E-state index in [9.17, 15) is 9.90 Å². The lowest BCUT2D eigenvalue weighted by Crippen LogP contribution is -2.53. The predicted octanol–water partition coefficient (Wildman–Crippen LogP) is 3.68. The van der Waals surface area contributed by atoms with Crippen LogP contribution in [-0.4, -0.2) is 45.7 Å². The molecule has 1 aromatic rings. The molecule has 1 aliphatic carbocycles. The lowest BCUT2D eigenvalue weighted by Gasteiger charge is -2.40. The molecule has 2 aliphatic rings. The molecular weight excluding hydrogens is 288 g/mol. The summed E-state index contributed by atoms with van der Waals surface area (Å²) in [7, 11) is 0. The number of fused-ring (bicyclic) bond motifs is 1. The molecular formula is C19H28N2O2. The van der Waals surface area contributed by atoms with Gasteiger partial charge in [-0.1, -0.05) is 30.3 Å². The lowest BCUT2D eigenvalue weighted by molar-refractivity contribution is 0.0546. The Morgan fingerprint density at radius 3 is 2.52 bits per heavy atom. The zero-order valence-corrected chi connectivity index (χ0v) is 14.4. The van der Waals surface area contributed by atoms with Gasteiger partial charge in [-0.05, 0) is 51.0 Å². The van der Waals surface area contributed by atoms with Crippen LogP contribution in [0.3, 0.4) is 0 Å². The van der Waals surface area contributed by atoms with E-state index >= 15 is 0 Å². The molecule has 1 aromatic carbocycles. The van der Waals surface area contributed by atoms with Crippen LogP contribution in [-0.2, 0) is 6.54 Å². The van der Waals surface area contributed by atoms with Crippen molar-refractivity contribution in [3.63, 3.8) is 0 Å². The van der Waals surface area contributed by atoms with Gasteiger partial charge >= 0.3 is 6.09 Å². The Morgan fingerprint density at radius 1 is 1.22 bits per heavy atom.